The quantitative estimate of drug-likeness (QED) is 0.783. The smallest absolute Gasteiger partial charge is 0.375 e. The Hall–Kier alpha value is -1.43. The van der Waals surface area contributed by atoms with Crippen molar-refractivity contribution in [3.8, 4) is 0 Å². The number of nitrogens with zero attached hydrogens (tertiary/aromatic N) is 1. The first kappa shape index (κ1) is 13.5. The second kappa shape index (κ2) is 4.84. The molecule has 0 aliphatic carbocycles. The van der Waals surface area contributed by atoms with Crippen LogP contribution in [0.25, 0.3) is 0 Å². The van der Waals surface area contributed by atoms with Crippen molar-refractivity contribution in [3.05, 3.63) is 29.6 Å². The summed E-state index contributed by atoms with van der Waals surface area (Å²) in [7, 11) is 0. The highest BCUT2D eigenvalue weighted by atomic mass is 19.4. The molecule has 6 heteroatoms. The standard InChI is InChI=1S/C14H14F3NO2/c15-14(16,17)12-4-1-8(7-18-12)13(19)9-5-10-2-3-11(6-9)20-10/h1,4,7,9-11H,2-3,5-6H2. The average Bonchev–Trinajstić information content (AvgIpc) is 2.76. The lowest BCUT2D eigenvalue weighted by Gasteiger charge is -2.27. The fourth-order valence-corrected chi connectivity index (χ4v) is 3.01. The van der Waals surface area contributed by atoms with Gasteiger partial charge in [0.25, 0.3) is 0 Å². The summed E-state index contributed by atoms with van der Waals surface area (Å²) in [4.78, 5) is 15.6. The van der Waals surface area contributed by atoms with Crippen LogP contribution >= 0.6 is 0 Å². The number of ketones is 1. The number of hydrogen-bond acceptors (Lipinski definition) is 3. The van der Waals surface area contributed by atoms with Gasteiger partial charge < -0.3 is 4.74 Å². The van der Waals surface area contributed by atoms with Crippen LogP contribution in [0.4, 0.5) is 13.2 Å². The van der Waals surface area contributed by atoms with Gasteiger partial charge in [0, 0.05) is 17.7 Å². The van der Waals surface area contributed by atoms with Crippen LogP contribution in [-0.2, 0) is 10.9 Å². The lowest BCUT2D eigenvalue weighted by atomic mass is 9.88. The molecule has 20 heavy (non-hydrogen) atoms. The minimum Gasteiger partial charge on any atom is -0.375 e. The van der Waals surface area contributed by atoms with Gasteiger partial charge in [-0.3, -0.25) is 9.78 Å². The van der Waals surface area contributed by atoms with E-state index < -0.39 is 11.9 Å². The predicted octanol–water partition coefficient (Wildman–Crippen LogP) is 3.24. The highest BCUT2D eigenvalue weighted by Crippen LogP contribution is 2.37. The second-order valence-electron chi connectivity index (χ2n) is 5.42. The lowest BCUT2D eigenvalue weighted by Crippen LogP contribution is -2.30. The van der Waals surface area contributed by atoms with E-state index >= 15 is 0 Å². The summed E-state index contributed by atoms with van der Waals surface area (Å²) in [6, 6.07) is 2.08. The Morgan fingerprint density at radius 2 is 1.85 bits per heavy atom. The molecule has 2 fully saturated rings. The van der Waals surface area contributed by atoms with Gasteiger partial charge in [-0.25, -0.2) is 0 Å². The van der Waals surface area contributed by atoms with Crippen LogP contribution in [0.15, 0.2) is 18.3 Å². The largest absolute Gasteiger partial charge is 0.433 e. The number of hydrogen-bond donors (Lipinski definition) is 0. The van der Waals surface area contributed by atoms with Crippen molar-refractivity contribution in [1.29, 1.82) is 0 Å². The molecule has 3 nitrogen and oxygen atoms in total. The summed E-state index contributed by atoms with van der Waals surface area (Å²) in [6.07, 6.45) is 0.0869. The van der Waals surface area contributed by atoms with E-state index in [0.717, 1.165) is 25.1 Å². The number of fused-ring (bicyclic) bond motifs is 2. The Bertz CT molecular complexity index is 500. The number of halogens is 3. The van der Waals surface area contributed by atoms with Gasteiger partial charge in [0.15, 0.2) is 5.78 Å². The van der Waals surface area contributed by atoms with Gasteiger partial charge in [0.05, 0.1) is 12.2 Å². The van der Waals surface area contributed by atoms with Gasteiger partial charge in [0.1, 0.15) is 5.69 Å². The number of rotatable bonds is 2. The summed E-state index contributed by atoms with van der Waals surface area (Å²) < 4.78 is 42.9. The maximum atomic E-state index is 12.4. The van der Waals surface area contributed by atoms with Crippen molar-refractivity contribution in [3.63, 3.8) is 0 Å². The van der Waals surface area contributed by atoms with Crippen molar-refractivity contribution in [1.82, 2.24) is 4.98 Å². The Kier molecular flexibility index (Phi) is 3.28. The number of Topliss-reactive ketones (excluding diaryl/α,β-unsaturated/α-hetero) is 1. The number of aromatic nitrogens is 1. The van der Waals surface area contributed by atoms with Crippen molar-refractivity contribution < 1.29 is 22.7 Å². The van der Waals surface area contributed by atoms with Crippen LogP contribution in [0.5, 0.6) is 0 Å². The molecule has 0 saturated carbocycles. The van der Waals surface area contributed by atoms with Crippen LogP contribution < -0.4 is 0 Å². The lowest BCUT2D eigenvalue weighted by molar-refractivity contribution is -0.141. The first-order valence-electron chi connectivity index (χ1n) is 6.66. The minimum atomic E-state index is -4.47. The summed E-state index contributed by atoms with van der Waals surface area (Å²) in [5, 5.41) is 0. The SMILES string of the molecule is O=C(c1ccc(C(F)(F)F)nc1)C1CC2CCC(C1)O2. The van der Waals surface area contributed by atoms with Crippen LogP contribution in [0.2, 0.25) is 0 Å². The van der Waals surface area contributed by atoms with E-state index in [1.54, 1.807) is 0 Å². The number of ether oxygens (including phenoxy) is 1. The molecule has 3 rings (SSSR count). The zero-order valence-corrected chi connectivity index (χ0v) is 10.7. The Morgan fingerprint density at radius 1 is 1.20 bits per heavy atom. The molecular formula is C14H14F3NO2. The predicted molar refractivity (Wildman–Crippen MR) is 64.2 cm³/mol. The normalized spacial score (nSPS) is 29.4. The van der Waals surface area contributed by atoms with Gasteiger partial charge >= 0.3 is 6.18 Å². The minimum absolute atomic E-state index is 0.119. The van der Waals surface area contributed by atoms with Gasteiger partial charge in [-0.1, -0.05) is 0 Å². The van der Waals surface area contributed by atoms with Crippen LogP contribution in [0, 0.1) is 5.92 Å². The molecule has 0 spiro atoms. The molecular weight excluding hydrogens is 271 g/mol. The van der Waals surface area contributed by atoms with E-state index in [9.17, 15) is 18.0 Å². The third kappa shape index (κ3) is 2.57. The van der Waals surface area contributed by atoms with E-state index in [-0.39, 0.29) is 29.5 Å². The molecule has 2 saturated heterocycles. The van der Waals surface area contributed by atoms with Crippen LogP contribution in [0.1, 0.15) is 41.7 Å². The van der Waals surface area contributed by atoms with E-state index in [2.05, 4.69) is 4.98 Å². The molecule has 2 atom stereocenters. The summed E-state index contributed by atoms with van der Waals surface area (Å²) in [5.74, 6) is -0.272. The first-order valence-corrected chi connectivity index (χ1v) is 6.66. The molecule has 3 heterocycles. The van der Waals surface area contributed by atoms with Gasteiger partial charge in [0.2, 0.25) is 0 Å². The highest BCUT2D eigenvalue weighted by molar-refractivity contribution is 5.97. The molecule has 2 unspecified atom stereocenters. The number of carbonyl (C=O) groups is 1. The van der Waals surface area contributed by atoms with E-state index in [4.69, 9.17) is 4.74 Å². The maximum Gasteiger partial charge on any atom is 0.433 e. The Balaban J connectivity index is 1.74. The Morgan fingerprint density at radius 3 is 2.35 bits per heavy atom. The highest BCUT2D eigenvalue weighted by Gasteiger charge is 2.38. The molecule has 108 valence electrons. The van der Waals surface area contributed by atoms with Crippen molar-refractivity contribution in [2.75, 3.05) is 0 Å². The summed E-state index contributed by atoms with van der Waals surface area (Å²) >= 11 is 0. The topological polar surface area (TPSA) is 39.2 Å². The molecule has 0 aromatic carbocycles. The molecule has 2 aliphatic rings. The zero-order valence-electron chi connectivity index (χ0n) is 10.7. The molecule has 2 bridgehead atoms. The fraction of sp³-hybridized carbons (Fsp3) is 0.571. The van der Waals surface area contributed by atoms with Crippen LogP contribution in [-0.4, -0.2) is 23.0 Å². The maximum absolute atomic E-state index is 12.4. The summed E-state index contributed by atoms with van der Waals surface area (Å²) in [6.45, 7) is 0. The zero-order chi connectivity index (χ0) is 14.3. The summed E-state index contributed by atoms with van der Waals surface area (Å²) in [5.41, 5.74) is -0.717. The first-order chi connectivity index (χ1) is 9.43. The molecule has 1 aromatic rings. The fourth-order valence-electron chi connectivity index (χ4n) is 3.01. The van der Waals surface area contributed by atoms with E-state index in [1.807, 2.05) is 0 Å². The van der Waals surface area contributed by atoms with Crippen LogP contribution in [0.3, 0.4) is 0 Å². The van der Waals surface area contributed by atoms with Gasteiger partial charge in [-0.05, 0) is 37.8 Å². The molecule has 2 aliphatic heterocycles. The Labute approximate surface area is 114 Å². The monoisotopic (exact) mass is 285 g/mol. The van der Waals surface area contributed by atoms with Gasteiger partial charge in [-0.2, -0.15) is 13.2 Å². The number of carbonyl (C=O) groups excluding carboxylic acids is 1. The molecule has 1 aromatic heterocycles. The number of pyridine rings is 1. The third-order valence-electron chi connectivity index (χ3n) is 4.00. The van der Waals surface area contributed by atoms with Crippen molar-refractivity contribution >= 4 is 5.78 Å². The van der Waals surface area contributed by atoms with E-state index in [1.165, 1.54) is 6.07 Å². The van der Waals surface area contributed by atoms with E-state index in [0.29, 0.717) is 12.8 Å². The second-order valence-corrected chi connectivity index (χ2v) is 5.42. The molecule has 0 N–H and O–H groups in total. The average molecular weight is 285 g/mol. The van der Waals surface area contributed by atoms with Crippen molar-refractivity contribution in [2.45, 2.75) is 44.1 Å². The van der Waals surface area contributed by atoms with Crippen molar-refractivity contribution in [2.24, 2.45) is 5.92 Å². The number of alkyl halides is 3. The molecule has 0 amide bonds. The van der Waals surface area contributed by atoms with Gasteiger partial charge in [-0.15, -0.1) is 0 Å². The third-order valence-corrected chi connectivity index (χ3v) is 4.00. The molecule has 0 radical (unpaired) electrons.